The van der Waals surface area contributed by atoms with E-state index in [4.69, 9.17) is 16.2 Å². The van der Waals surface area contributed by atoms with Gasteiger partial charge in [0.05, 0.1) is 11.2 Å². The first-order valence-electron chi connectivity index (χ1n) is 10.8. The van der Waals surface area contributed by atoms with Crippen molar-refractivity contribution in [1.29, 1.82) is 0 Å². The Hall–Kier alpha value is -3.79. The number of hydrogen-bond acceptors (Lipinski definition) is 7. The lowest BCUT2D eigenvalue weighted by Crippen LogP contribution is -2.24. The molecule has 0 saturated heterocycles. The molecular formula is C23H26FN7O2. The molecule has 0 unspecified atom stereocenters. The highest BCUT2D eigenvalue weighted by atomic mass is 19.1. The standard InChI is InChI=1S/C23H26FN7O2/c1-2-33-13-18-30-20-21(19-17(29-22(20)26)6-5-10-27-19)31(18)11-4-3-9-28-23(32)14-7-8-15(24)16(25)12-14/h5-8,10,12H,2-4,9,11,13,25H2,1H3,(H2,26,29)(H,28,32). The molecule has 0 atom stereocenters. The van der Waals surface area contributed by atoms with Crippen LogP contribution in [0.5, 0.6) is 0 Å². The molecule has 4 aromatic rings. The molecule has 9 nitrogen and oxygen atoms in total. The summed E-state index contributed by atoms with van der Waals surface area (Å²) < 4.78 is 21.0. The SMILES string of the molecule is CCOCc1nc2c(N)nc3cccnc3c2n1CCCCNC(=O)c1ccc(F)c(N)c1. The second kappa shape index (κ2) is 9.78. The Morgan fingerprint density at radius 1 is 1.18 bits per heavy atom. The maximum atomic E-state index is 13.3. The van der Waals surface area contributed by atoms with Crippen LogP contribution in [0.2, 0.25) is 0 Å². The van der Waals surface area contributed by atoms with E-state index in [1.54, 1.807) is 6.20 Å². The quantitative estimate of drug-likeness (QED) is 0.263. The van der Waals surface area contributed by atoms with Crippen molar-refractivity contribution in [2.24, 2.45) is 0 Å². The molecule has 0 aliphatic heterocycles. The molecule has 3 aromatic heterocycles. The molecule has 0 spiro atoms. The molecule has 0 saturated carbocycles. The van der Waals surface area contributed by atoms with E-state index in [1.165, 1.54) is 18.2 Å². The summed E-state index contributed by atoms with van der Waals surface area (Å²) in [7, 11) is 0. The van der Waals surface area contributed by atoms with Gasteiger partial charge in [0.2, 0.25) is 0 Å². The van der Waals surface area contributed by atoms with Crippen molar-refractivity contribution in [3.63, 3.8) is 0 Å². The number of nitrogen functional groups attached to an aromatic ring is 2. The lowest BCUT2D eigenvalue weighted by atomic mass is 10.2. The molecule has 33 heavy (non-hydrogen) atoms. The van der Waals surface area contributed by atoms with Crippen molar-refractivity contribution in [1.82, 2.24) is 24.8 Å². The third kappa shape index (κ3) is 4.70. The molecule has 5 N–H and O–H groups in total. The van der Waals surface area contributed by atoms with E-state index >= 15 is 0 Å². The van der Waals surface area contributed by atoms with Crippen LogP contribution >= 0.6 is 0 Å². The van der Waals surface area contributed by atoms with Crippen LogP contribution in [-0.4, -0.2) is 38.6 Å². The number of hydrogen-bond donors (Lipinski definition) is 3. The highest BCUT2D eigenvalue weighted by Gasteiger charge is 2.18. The third-order valence-electron chi connectivity index (χ3n) is 5.33. The average Bonchev–Trinajstić information content (AvgIpc) is 3.18. The van der Waals surface area contributed by atoms with Crippen LogP contribution < -0.4 is 16.8 Å². The second-order valence-electron chi connectivity index (χ2n) is 7.58. The number of nitrogens with one attached hydrogen (secondary N) is 1. The number of carbonyl (C=O) groups is 1. The smallest absolute Gasteiger partial charge is 0.251 e. The summed E-state index contributed by atoms with van der Waals surface area (Å²) in [6, 6.07) is 7.62. The topological polar surface area (TPSA) is 134 Å². The third-order valence-corrected chi connectivity index (χ3v) is 5.33. The number of imidazole rings is 1. The van der Waals surface area contributed by atoms with Crippen molar-refractivity contribution < 1.29 is 13.9 Å². The highest BCUT2D eigenvalue weighted by Crippen LogP contribution is 2.28. The van der Waals surface area contributed by atoms with Gasteiger partial charge < -0.3 is 26.1 Å². The Morgan fingerprint density at radius 2 is 2.03 bits per heavy atom. The second-order valence-corrected chi connectivity index (χ2v) is 7.58. The average molecular weight is 452 g/mol. The first-order chi connectivity index (χ1) is 16.0. The number of rotatable bonds is 9. The van der Waals surface area contributed by atoms with Crippen LogP contribution in [-0.2, 0) is 17.9 Å². The van der Waals surface area contributed by atoms with Crippen molar-refractivity contribution in [2.45, 2.75) is 32.9 Å². The zero-order valence-corrected chi connectivity index (χ0v) is 18.3. The summed E-state index contributed by atoms with van der Waals surface area (Å²) in [6.07, 6.45) is 3.21. The van der Waals surface area contributed by atoms with Gasteiger partial charge in [-0.3, -0.25) is 9.78 Å². The monoisotopic (exact) mass is 451 g/mol. The molecule has 0 aliphatic carbocycles. The van der Waals surface area contributed by atoms with E-state index in [9.17, 15) is 9.18 Å². The van der Waals surface area contributed by atoms with Gasteiger partial charge in [-0.2, -0.15) is 0 Å². The lowest BCUT2D eigenvalue weighted by molar-refractivity contribution is 0.0953. The summed E-state index contributed by atoms with van der Waals surface area (Å²) in [5.41, 5.74) is 14.9. The largest absolute Gasteiger partial charge is 0.396 e. The maximum Gasteiger partial charge on any atom is 0.251 e. The molecule has 10 heteroatoms. The van der Waals surface area contributed by atoms with Crippen LogP contribution in [0.1, 0.15) is 35.9 Å². The molecular weight excluding hydrogens is 425 g/mol. The number of fused-ring (bicyclic) bond motifs is 3. The molecule has 0 radical (unpaired) electrons. The van der Waals surface area contributed by atoms with Crippen LogP contribution in [0.15, 0.2) is 36.5 Å². The van der Waals surface area contributed by atoms with E-state index in [1.807, 2.05) is 19.1 Å². The Labute approximate surface area is 190 Å². The van der Waals surface area contributed by atoms with Crippen LogP contribution in [0.25, 0.3) is 22.1 Å². The van der Waals surface area contributed by atoms with Crippen molar-refractivity contribution in [2.75, 3.05) is 24.6 Å². The Bertz CT molecular complexity index is 1310. The van der Waals surface area contributed by atoms with Gasteiger partial charge in [-0.1, -0.05) is 0 Å². The number of nitrogens with two attached hydrogens (primary N) is 2. The number of pyridine rings is 2. The number of aromatic nitrogens is 4. The Morgan fingerprint density at radius 3 is 2.82 bits per heavy atom. The van der Waals surface area contributed by atoms with E-state index in [0.717, 1.165) is 29.7 Å². The summed E-state index contributed by atoms with van der Waals surface area (Å²) in [5.74, 6) is 0.276. The summed E-state index contributed by atoms with van der Waals surface area (Å²) in [5, 5.41) is 2.84. The summed E-state index contributed by atoms with van der Waals surface area (Å²) in [4.78, 5) is 25.9. The van der Waals surface area contributed by atoms with Gasteiger partial charge in [0, 0.05) is 31.5 Å². The first-order valence-corrected chi connectivity index (χ1v) is 10.8. The van der Waals surface area contributed by atoms with E-state index in [2.05, 4.69) is 24.8 Å². The molecule has 4 rings (SSSR count). The lowest BCUT2D eigenvalue weighted by Gasteiger charge is -2.11. The minimum absolute atomic E-state index is 0.0499. The minimum Gasteiger partial charge on any atom is -0.396 e. The molecule has 1 amide bonds. The van der Waals surface area contributed by atoms with Gasteiger partial charge in [-0.15, -0.1) is 0 Å². The van der Waals surface area contributed by atoms with Crippen LogP contribution in [0.3, 0.4) is 0 Å². The van der Waals surface area contributed by atoms with Crippen molar-refractivity contribution >= 4 is 39.5 Å². The van der Waals surface area contributed by atoms with Gasteiger partial charge in [0.25, 0.3) is 5.91 Å². The predicted octanol–water partition coefficient (Wildman–Crippen LogP) is 3.03. The number of nitrogens with zero attached hydrogens (tertiary/aromatic N) is 4. The van der Waals surface area contributed by atoms with Gasteiger partial charge in [0.1, 0.15) is 34.8 Å². The zero-order chi connectivity index (χ0) is 23.4. The summed E-state index contributed by atoms with van der Waals surface area (Å²) >= 11 is 0. The predicted molar refractivity (Wildman–Crippen MR) is 125 cm³/mol. The Balaban J connectivity index is 1.48. The van der Waals surface area contributed by atoms with E-state index < -0.39 is 5.82 Å². The number of benzene rings is 1. The number of aryl methyl sites for hydroxylation is 1. The van der Waals surface area contributed by atoms with Crippen LogP contribution in [0.4, 0.5) is 15.9 Å². The zero-order valence-electron chi connectivity index (χ0n) is 18.3. The fourth-order valence-corrected chi connectivity index (χ4v) is 3.70. The number of carbonyl (C=O) groups excluding carboxylic acids is 1. The number of unbranched alkanes of at least 4 members (excludes halogenated alkanes) is 1. The first kappa shape index (κ1) is 22.4. The van der Waals surface area contributed by atoms with Gasteiger partial charge >= 0.3 is 0 Å². The number of halogens is 1. The molecule has 0 aliphatic rings. The summed E-state index contributed by atoms with van der Waals surface area (Å²) in [6.45, 7) is 3.95. The normalized spacial score (nSPS) is 11.3. The fraction of sp³-hybridized carbons (Fsp3) is 0.304. The maximum absolute atomic E-state index is 13.3. The van der Waals surface area contributed by atoms with Gasteiger partial charge in [-0.05, 0) is 50.1 Å². The number of amides is 1. The van der Waals surface area contributed by atoms with Gasteiger partial charge in [0.15, 0.2) is 5.82 Å². The van der Waals surface area contributed by atoms with Crippen LogP contribution in [0, 0.1) is 5.82 Å². The van der Waals surface area contributed by atoms with Crippen molar-refractivity contribution in [3.8, 4) is 0 Å². The fourth-order valence-electron chi connectivity index (χ4n) is 3.70. The van der Waals surface area contributed by atoms with Crippen molar-refractivity contribution in [3.05, 3.63) is 53.7 Å². The number of ether oxygens (including phenoxy) is 1. The molecule has 3 heterocycles. The molecule has 0 fully saturated rings. The Kier molecular flexibility index (Phi) is 6.64. The van der Waals surface area contributed by atoms with Gasteiger partial charge in [-0.25, -0.2) is 14.4 Å². The molecule has 0 bridgehead atoms. The number of anilines is 2. The molecule has 1 aromatic carbocycles. The van der Waals surface area contributed by atoms with E-state index in [0.29, 0.717) is 48.7 Å². The molecule has 172 valence electrons. The highest BCUT2D eigenvalue weighted by molar-refractivity contribution is 6.04. The minimum atomic E-state index is -0.542. The van der Waals surface area contributed by atoms with E-state index in [-0.39, 0.29) is 11.6 Å².